The van der Waals surface area contributed by atoms with E-state index in [2.05, 4.69) is 17.4 Å². The highest BCUT2D eigenvalue weighted by atomic mass is 16.5. The van der Waals surface area contributed by atoms with Crippen LogP contribution in [-0.2, 0) is 17.6 Å². The van der Waals surface area contributed by atoms with E-state index >= 15 is 0 Å². The number of hydrogen-bond acceptors (Lipinski definition) is 4. The number of rotatable bonds is 8. The summed E-state index contributed by atoms with van der Waals surface area (Å²) in [6, 6.07) is 13.5. The maximum Gasteiger partial charge on any atom is 0.260 e. The molecule has 1 aliphatic carbocycles. The number of nitrogens with one attached hydrogen (secondary N) is 1. The van der Waals surface area contributed by atoms with Gasteiger partial charge in [-0.2, -0.15) is 0 Å². The molecular formula is C22H27NO4. The summed E-state index contributed by atoms with van der Waals surface area (Å²) in [5.74, 6) is 2.13. The molecule has 0 radical (unpaired) electrons. The molecule has 1 atom stereocenters. The molecule has 27 heavy (non-hydrogen) atoms. The standard InChI is InChI=1S/C22H27NO4/c1-16(27-21-8-7-17-5-3-4-6-18(17)15-21)22(24)23-13-14-26-20-11-9-19(25-2)10-12-20/h7-12,15-16H,3-6,13-14H2,1-2H3,(H,23,24)/t16-/m1/s1. The third kappa shape index (κ3) is 5.39. The molecule has 1 amide bonds. The summed E-state index contributed by atoms with van der Waals surface area (Å²) in [6.07, 6.45) is 4.16. The number of amides is 1. The van der Waals surface area contributed by atoms with Crippen LogP contribution >= 0.6 is 0 Å². The maximum atomic E-state index is 12.2. The molecule has 0 heterocycles. The minimum atomic E-state index is -0.548. The SMILES string of the molecule is COc1ccc(OCCNC(=O)[C@@H](C)Oc2ccc3c(c2)CCCC3)cc1. The van der Waals surface area contributed by atoms with Gasteiger partial charge < -0.3 is 19.5 Å². The van der Waals surface area contributed by atoms with Crippen molar-refractivity contribution in [2.45, 2.75) is 38.7 Å². The molecule has 3 rings (SSSR count). The molecule has 1 N–H and O–H groups in total. The fourth-order valence-electron chi connectivity index (χ4n) is 3.20. The average molecular weight is 369 g/mol. The first-order chi connectivity index (χ1) is 13.2. The van der Waals surface area contributed by atoms with Gasteiger partial charge in [0.1, 0.15) is 23.9 Å². The summed E-state index contributed by atoms with van der Waals surface area (Å²) < 4.78 is 16.5. The topological polar surface area (TPSA) is 56.8 Å². The fourth-order valence-corrected chi connectivity index (χ4v) is 3.20. The van der Waals surface area contributed by atoms with E-state index < -0.39 is 6.10 Å². The predicted octanol–water partition coefficient (Wildman–Crippen LogP) is 3.54. The summed E-state index contributed by atoms with van der Waals surface area (Å²) >= 11 is 0. The van der Waals surface area contributed by atoms with Crippen LogP contribution in [0.3, 0.4) is 0 Å². The predicted molar refractivity (Wildman–Crippen MR) is 105 cm³/mol. The minimum Gasteiger partial charge on any atom is -0.497 e. The summed E-state index contributed by atoms with van der Waals surface area (Å²) in [4.78, 5) is 12.2. The van der Waals surface area contributed by atoms with Gasteiger partial charge in [-0.25, -0.2) is 0 Å². The average Bonchev–Trinajstić information content (AvgIpc) is 2.71. The van der Waals surface area contributed by atoms with Crippen LogP contribution in [0.25, 0.3) is 0 Å². The Labute approximate surface area is 160 Å². The van der Waals surface area contributed by atoms with Gasteiger partial charge in [0.2, 0.25) is 0 Å². The summed E-state index contributed by atoms with van der Waals surface area (Å²) in [5.41, 5.74) is 2.75. The van der Waals surface area contributed by atoms with E-state index in [9.17, 15) is 4.79 Å². The summed E-state index contributed by atoms with van der Waals surface area (Å²) in [5, 5.41) is 2.84. The molecule has 1 aliphatic rings. The first-order valence-electron chi connectivity index (χ1n) is 9.49. The van der Waals surface area contributed by atoms with Gasteiger partial charge in [-0.15, -0.1) is 0 Å². The van der Waals surface area contributed by atoms with Gasteiger partial charge in [0.05, 0.1) is 13.7 Å². The lowest BCUT2D eigenvalue weighted by atomic mass is 9.92. The van der Waals surface area contributed by atoms with Crippen molar-refractivity contribution in [3.63, 3.8) is 0 Å². The van der Waals surface area contributed by atoms with Crippen molar-refractivity contribution in [3.05, 3.63) is 53.6 Å². The molecule has 5 nitrogen and oxygen atoms in total. The zero-order chi connectivity index (χ0) is 19.1. The molecule has 2 aromatic carbocycles. The van der Waals surface area contributed by atoms with Crippen LogP contribution in [-0.4, -0.2) is 32.3 Å². The lowest BCUT2D eigenvalue weighted by Crippen LogP contribution is -2.38. The van der Waals surface area contributed by atoms with Crippen LogP contribution in [0.5, 0.6) is 17.2 Å². The van der Waals surface area contributed by atoms with Crippen molar-refractivity contribution in [2.24, 2.45) is 0 Å². The van der Waals surface area contributed by atoms with E-state index in [0.29, 0.717) is 13.2 Å². The smallest absolute Gasteiger partial charge is 0.260 e. The molecule has 0 bridgehead atoms. The van der Waals surface area contributed by atoms with E-state index in [1.807, 2.05) is 30.3 Å². The number of ether oxygens (including phenoxy) is 3. The number of carbonyl (C=O) groups excluding carboxylic acids is 1. The second-order valence-corrected chi connectivity index (χ2v) is 6.71. The van der Waals surface area contributed by atoms with E-state index in [-0.39, 0.29) is 5.91 Å². The second-order valence-electron chi connectivity index (χ2n) is 6.71. The number of aryl methyl sites for hydroxylation is 2. The van der Waals surface area contributed by atoms with E-state index in [1.54, 1.807) is 14.0 Å². The number of fused-ring (bicyclic) bond motifs is 1. The molecule has 0 aliphatic heterocycles. The van der Waals surface area contributed by atoms with Gasteiger partial charge in [-0.3, -0.25) is 4.79 Å². The van der Waals surface area contributed by atoms with Gasteiger partial charge in [0.15, 0.2) is 6.10 Å². The zero-order valence-corrected chi connectivity index (χ0v) is 16.0. The maximum absolute atomic E-state index is 12.2. The zero-order valence-electron chi connectivity index (χ0n) is 16.0. The molecule has 0 saturated carbocycles. The Kier molecular flexibility index (Phi) is 6.58. The van der Waals surface area contributed by atoms with Gasteiger partial charge in [0, 0.05) is 0 Å². The fraction of sp³-hybridized carbons (Fsp3) is 0.409. The Hall–Kier alpha value is -2.69. The Morgan fingerprint density at radius 1 is 1.00 bits per heavy atom. The number of benzene rings is 2. The van der Waals surface area contributed by atoms with Gasteiger partial charge >= 0.3 is 0 Å². The van der Waals surface area contributed by atoms with Crippen molar-refractivity contribution in [1.82, 2.24) is 5.32 Å². The Morgan fingerprint density at radius 2 is 1.67 bits per heavy atom. The third-order valence-electron chi connectivity index (χ3n) is 4.73. The summed E-state index contributed by atoms with van der Waals surface area (Å²) in [7, 11) is 1.62. The monoisotopic (exact) mass is 369 g/mol. The van der Waals surface area contributed by atoms with Crippen LogP contribution in [0.2, 0.25) is 0 Å². The molecule has 0 aromatic heterocycles. The molecule has 144 valence electrons. The van der Waals surface area contributed by atoms with Crippen LogP contribution in [0, 0.1) is 0 Å². The van der Waals surface area contributed by atoms with Gasteiger partial charge in [-0.1, -0.05) is 6.07 Å². The number of hydrogen-bond donors (Lipinski definition) is 1. The van der Waals surface area contributed by atoms with Crippen LogP contribution in [0.4, 0.5) is 0 Å². The molecule has 5 heteroatoms. The highest BCUT2D eigenvalue weighted by molar-refractivity contribution is 5.80. The van der Waals surface area contributed by atoms with Crippen LogP contribution in [0.15, 0.2) is 42.5 Å². The van der Waals surface area contributed by atoms with Crippen molar-refractivity contribution >= 4 is 5.91 Å². The molecule has 2 aromatic rings. The van der Waals surface area contributed by atoms with Gasteiger partial charge in [-0.05, 0) is 80.1 Å². The molecule has 0 unspecified atom stereocenters. The van der Waals surface area contributed by atoms with E-state index in [4.69, 9.17) is 14.2 Å². The Balaban J connectivity index is 1.41. The highest BCUT2D eigenvalue weighted by Crippen LogP contribution is 2.25. The highest BCUT2D eigenvalue weighted by Gasteiger charge is 2.16. The first-order valence-corrected chi connectivity index (χ1v) is 9.49. The normalized spacial score (nSPS) is 14.0. The molecule has 0 spiro atoms. The lowest BCUT2D eigenvalue weighted by Gasteiger charge is -2.19. The van der Waals surface area contributed by atoms with E-state index in [0.717, 1.165) is 30.1 Å². The molecule has 0 saturated heterocycles. The van der Waals surface area contributed by atoms with E-state index in [1.165, 1.54) is 24.0 Å². The van der Waals surface area contributed by atoms with Crippen molar-refractivity contribution in [2.75, 3.05) is 20.3 Å². The number of carbonyl (C=O) groups is 1. The quantitative estimate of drug-likeness (QED) is 0.723. The first kappa shape index (κ1) is 19.1. The van der Waals surface area contributed by atoms with Crippen LogP contribution in [0.1, 0.15) is 30.9 Å². The minimum absolute atomic E-state index is 0.147. The van der Waals surface area contributed by atoms with Crippen molar-refractivity contribution in [1.29, 1.82) is 0 Å². The van der Waals surface area contributed by atoms with Crippen molar-refractivity contribution < 1.29 is 19.0 Å². The molecular weight excluding hydrogens is 342 g/mol. The molecule has 0 fully saturated rings. The summed E-state index contributed by atoms with van der Waals surface area (Å²) in [6.45, 7) is 2.57. The largest absolute Gasteiger partial charge is 0.497 e. The van der Waals surface area contributed by atoms with Gasteiger partial charge in [0.25, 0.3) is 5.91 Å². The van der Waals surface area contributed by atoms with Crippen molar-refractivity contribution in [3.8, 4) is 17.2 Å². The number of methoxy groups -OCH3 is 1. The second kappa shape index (κ2) is 9.31. The Morgan fingerprint density at radius 3 is 2.41 bits per heavy atom. The Bertz CT molecular complexity index is 757. The lowest BCUT2D eigenvalue weighted by molar-refractivity contribution is -0.127. The third-order valence-corrected chi connectivity index (χ3v) is 4.73. The van der Waals surface area contributed by atoms with Crippen LogP contribution < -0.4 is 19.5 Å².